The van der Waals surface area contributed by atoms with Gasteiger partial charge in [-0.2, -0.15) is 0 Å². The second-order valence-electron chi connectivity index (χ2n) is 5.17. The molecule has 2 aromatic rings. The molecule has 1 amide bonds. The van der Waals surface area contributed by atoms with Crippen molar-refractivity contribution in [3.63, 3.8) is 0 Å². The first-order chi connectivity index (χ1) is 10.5. The molecular weight excluding hydrogens is 362 g/mol. The van der Waals surface area contributed by atoms with Crippen molar-refractivity contribution in [1.29, 1.82) is 0 Å². The van der Waals surface area contributed by atoms with Crippen LogP contribution in [0.1, 0.15) is 34.5 Å². The van der Waals surface area contributed by atoms with Crippen molar-refractivity contribution in [2.75, 3.05) is 6.26 Å². The molecule has 0 aliphatic carbocycles. The monoisotopic (exact) mass is 379 g/mol. The normalized spacial score (nSPS) is 13.4. The Bertz CT molecular complexity index is 703. The molecule has 0 spiro atoms. The van der Waals surface area contributed by atoms with Crippen molar-refractivity contribution in [2.45, 2.75) is 18.7 Å². The average Bonchev–Trinajstić information content (AvgIpc) is 2.46. The Kier molecular flexibility index (Phi) is 5.91. The Labute approximate surface area is 141 Å². The van der Waals surface area contributed by atoms with E-state index < -0.39 is 10.8 Å². The van der Waals surface area contributed by atoms with Gasteiger partial charge in [-0.05, 0) is 42.3 Å². The number of benzene rings is 2. The summed E-state index contributed by atoms with van der Waals surface area (Å²) in [5, 5.41) is 2.98. The SMILES string of the molecule is CC(NC(=O)c1cccc(CS(C)=O)c1)c1cccc(Br)c1. The van der Waals surface area contributed by atoms with E-state index in [1.54, 1.807) is 18.4 Å². The van der Waals surface area contributed by atoms with Crippen LogP contribution >= 0.6 is 15.9 Å². The predicted molar refractivity (Wildman–Crippen MR) is 94.2 cm³/mol. The number of carbonyl (C=O) groups is 1. The van der Waals surface area contributed by atoms with Crippen molar-refractivity contribution < 1.29 is 9.00 Å². The molecule has 2 unspecified atom stereocenters. The molecule has 1 N–H and O–H groups in total. The Morgan fingerprint density at radius 3 is 2.64 bits per heavy atom. The van der Waals surface area contributed by atoms with Crippen molar-refractivity contribution in [3.05, 3.63) is 69.7 Å². The van der Waals surface area contributed by atoms with Crippen molar-refractivity contribution >= 4 is 32.6 Å². The molecule has 0 aromatic heterocycles. The highest BCUT2D eigenvalue weighted by Gasteiger charge is 2.12. The first kappa shape index (κ1) is 16.9. The first-order valence-corrected chi connectivity index (χ1v) is 9.43. The summed E-state index contributed by atoms with van der Waals surface area (Å²) >= 11 is 3.43. The fourth-order valence-electron chi connectivity index (χ4n) is 2.18. The third kappa shape index (κ3) is 4.78. The van der Waals surface area contributed by atoms with Crippen LogP contribution in [0.4, 0.5) is 0 Å². The zero-order chi connectivity index (χ0) is 16.1. The molecule has 2 atom stereocenters. The minimum atomic E-state index is -0.918. The van der Waals surface area contributed by atoms with E-state index >= 15 is 0 Å². The van der Waals surface area contributed by atoms with E-state index in [1.165, 1.54) is 0 Å². The minimum Gasteiger partial charge on any atom is -0.346 e. The van der Waals surface area contributed by atoms with E-state index in [-0.39, 0.29) is 11.9 Å². The number of nitrogens with one attached hydrogen (secondary N) is 1. The summed E-state index contributed by atoms with van der Waals surface area (Å²) in [7, 11) is -0.918. The molecule has 0 radical (unpaired) electrons. The first-order valence-electron chi connectivity index (χ1n) is 6.91. The summed E-state index contributed by atoms with van der Waals surface area (Å²) in [4.78, 5) is 12.4. The van der Waals surface area contributed by atoms with E-state index in [0.29, 0.717) is 11.3 Å². The third-order valence-electron chi connectivity index (χ3n) is 3.26. The minimum absolute atomic E-state index is 0.0889. The maximum atomic E-state index is 12.4. The summed E-state index contributed by atoms with van der Waals surface area (Å²) in [5.74, 6) is 0.332. The van der Waals surface area contributed by atoms with Gasteiger partial charge in [-0.15, -0.1) is 0 Å². The van der Waals surface area contributed by atoms with Crippen LogP contribution in [0.5, 0.6) is 0 Å². The lowest BCUT2D eigenvalue weighted by Crippen LogP contribution is -2.26. The van der Waals surface area contributed by atoms with Crippen molar-refractivity contribution in [3.8, 4) is 0 Å². The van der Waals surface area contributed by atoms with Gasteiger partial charge in [-0.25, -0.2) is 0 Å². The lowest BCUT2D eigenvalue weighted by molar-refractivity contribution is 0.0940. The topological polar surface area (TPSA) is 46.2 Å². The van der Waals surface area contributed by atoms with E-state index in [4.69, 9.17) is 0 Å². The molecule has 0 fully saturated rings. The summed E-state index contributed by atoms with van der Waals surface area (Å²) in [6.45, 7) is 1.95. The largest absolute Gasteiger partial charge is 0.346 e. The molecule has 0 aliphatic rings. The van der Waals surface area contributed by atoms with Gasteiger partial charge in [0.1, 0.15) is 0 Å². The number of halogens is 1. The molecule has 0 aliphatic heterocycles. The van der Waals surface area contributed by atoms with E-state index in [0.717, 1.165) is 15.6 Å². The maximum Gasteiger partial charge on any atom is 0.251 e. The van der Waals surface area contributed by atoms with Gasteiger partial charge in [0, 0.05) is 32.8 Å². The molecule has 3 nitrogen and oxygen atoms in total. The second kappa shape index (κ2) is 7.70. The van der Waals surface area contributed by atoms with Gasteiger partial charge in [0.15, 0.2) is 0 Å². The van der Waals surface area contributed by atoms with Crippen LogP contribution in [0.25, 0.3) is 0 Å². The molecule has 22 heavy (non-hydrogen) atoms. The fourth-order valence-corrected chi connectivity index (χ4v) is 3.24. The van der Waals surface area contributed by atoms with Gasteiger partial charge in [-0.3, -0.25) is 9.00 Å². The Morgan fingerprint density at radius 2 is 1.95 bits per heavy atom. The van der Waals surface area contributed by atoms with Gasteiger partial charge in [0.2, 0.25) is 0 Å². The van der Waals surface area contributed by atoms with Crippen molar-refractivity contribution in [2.24, 2.45) is 0 Å². The summed E-state index contributed by atoms with van der Waals surface area (Å²) in [6, 6.07) is 15.0. The third-order valence-corrected chi connectivity index (χ3v) is 4.49. The van der Waals surface area contributed by atoms with Crippen LogP contribution < -0.4 is 5.32 Å². The lowest BCUT2D eigenvalue weighted by Gasteiger charge is -2.15. The number of rotatable bonds is 5. The predicted octanol–water partition coefficient (Wildman–Crippen LogP) is 3.82. The summed E-state index contributed by atoms with van der Waals surface area (Å²) in [6.07, 6.45) is 1.65. The van der Waals surface area contributed by atoms with Crippen LogP contribution in [0.3, 0.4) is 0 Å². The average molecular weight is 380 g/mol. The highest BCUT2D eigenvalue weighted by molar-refractivity contribution is 9.10. The van der Waals surface area contributed by atoms with Crippen LogP contribution in [-0.4, -0.2) is 16.4 Å². The molecule has 2 rings (SSSR count). The number of carbonyl (C=O) groups excluding carboxylic acids is 1. The molecule has 2 aromatic carbocycles. The summed E-state index contributed by atoms with van der Waals surface area (Å²) < 4.78 is 12.3. The van der Waals surface area contributed by atoms with Gasteiger partial charge in [0.05, 0.1) is 6.04 Å². The quantitative estimate of drug-likeness (QED) is 0.857. The molecule has 0 saturated heterocycles. The highest BCUT2D eigenvalue weighted by Crippen LogP contribution is 2.18. The number of hydrogen-bond donors (Lipinski definition) is 1. The Balaban J connectivity index is 2.10. The Hall–Kier alpha value is -1.46. The fraction of sp³-hybridized carbons (Fsp3) is 0.235. The molecule has 116 valence electrons. The lowest BCUT2D eigenvalue weighted by atomic mass is 10.1. The van der Waals surface area contributed by atoms with Gasteiger partial charge in [0.25, 0.3) is 5.91 Å². The molecule has 5 heteroatoms. The van der Waals surface area contributed by atoms with Crippen LogP contribution in [0.15, 0.2) is 53.0 Å². The van der Waals surface area contributed by atoms with E-state index in [9.17, 15) is 9.00 Å². The van der Waals surface area contributed by atoms with Gasteiger partial charge in [-0.1, -0.05) is 40.2 Å². The molecule has 0 bridgehead atoms. The van der Waals surface area contributed by atoms with Crippen LogP contribution in [0, 0.1) is 0 Å². The number of amides is 1. The van der Waals surface area contributed by atoms with E-state index in [2.05, 4.69) is 21.2 Å². The zero-order valence-electron chi connectivity index (χ0n) is 12.5. The van der Waals surface area contributed by atoms with E-state index in [1.807, 2.05) is 43.3 Å². The van der Waals surface area contributed by atoms with Gasteiger partial charge >= 0.3 is 0 Å². The Morgan fingerprint density at radius 1 is 1.23 bits per heavy atom. The van der Waals surface area contributed by atoms with Crippen LogP contribution in [-0.2, 0) is 16.6 Å². The molecular formula is C17H18BrNO2S. The summed E-state index contributed by atoms with van der Waals surface area (Å²) in [5.41, 5.74) is 2.53. The van der Waals surface area contributed by atoms with Gasteiger partial charge < -0.3 is 5.32 Å². The number of hydrogen-bond acceptors (Lipinski definition) is 2. The maximum absolute atomic E-state index is 12.4. The second-order valence-corrected chi connectivity index (χ2v) is 7.52. The highest BCUT2D eigenvalue weighted by atomic mass is 79.9. The van der Waals surface area contributed by atoms with Crippen molar-refractivity contribution in [1.82, 2.24) is 5.32 Å². The standard InChI is InChI=1S/C17H18BrNO2S/c1-12(14-6-4-8-16(18)10-14)19-17(20)15-7-3-5-13(9-15)11-22(2)21/h3-10,12H,11H2,1-2H3,(H,19,20). The van der Waals surface area contributed by atoms with Crippen LogP contribution in [0.2, 0.25) is 0 Å². The zero-order valence-corrected chi connectivity index (χ0v) is 14.9. The molecule has 0 heterocycles. The molecule has 0 saturated carbocycles. The smallest absolute Gasteiger partial charge is 0.251 e.